The van der Waals surface area contributed by atoms with Crippen LogP contribution in [0.1, 0.15) is 102 Å². The molecule has 0 heterocycles. The summed E-state index contributed by atoms with van der Waals surface area (Å²) in [5.74, 6) is 0. The molecule has 1 nitrogen and oxygen atoms in total. The highest BCUT2D eigenvalue weighted by molar-refractivity contribution is 6.36. The average molecular weight is 398 g/mol. The molecule has 0 unspecified atom stereocenters. The first-order chi connectivity index (χ1) is 12.7. The minimum atomic E-state index is 0.666. The zero-order valence-electron chi connectivity index (χ0n) is 16.6. The first-order valence-electron chi connectivity index (χ1n) is 10.7. The number of hydrogen-bond donors (Lipinski definition) is 0. The van der Waals surface area contributed by atoms with E-state index >= 15 is 0 Å². The van der Waals surface area contributed by atoms with Gasteiger partial charge >= 0.3 is 0 Å². The number of benzene rings is 1. The number of hydrogen-bond acceptors (Lipinski definition) is 1. The molecular weight excluding hydrogens is 361 g/mol. The number of rotatable bonds is 16. The summed E-state index contributed by atoms with van der Waals surface area (Å²) < 4.78 is 0. The van der Waals surface area contributed by atoms with Crippen molar-refractivity contribution in [3.05, 3.63) is 33.8 Å². The molecule has 0 bridgehead atoms. The van der Waals surface area contributed by atoms with Crippen molar-refractivity contribution in [2.24, 2.45) is 4.99 Å². The quantitative estimate of drug-likeness (QED) is 0.195. The van der Waals surface area contributed by atoms with Crippen LogP contribution in [0.5, 0.6) is 0 Å². The molecule has 3 heteroatoms. The van der Waals surface area contributed by atoms with E-state index in [0.29, 0.717) is 10.0 Å². The SMILES string of the molecule is CCCCCCCCCCCCCCCCN=Cc1ccc(Cl)cc1Cl. The van der Waals surface area contributed by atoms with Crippen LogP contribution >= 0.6 is 23.2 Å². The van der Waals surface area contributed by atoms with Gasteiger partial charge in [-0.15, -0.1) is 0 Å². The van der Waals surface area contributed by atoms with Crippen LogP contribution in [0.4, 0.5) is 0 Å². The molecular formula is C23H37Cl2N. The maximum absolute atomic E-state index is 6.12. The van der Waals surface area contributed by atoms with Crippen LogP contribution in [-0.2, 0) is 0 Å². The van der Waals surface area contributed by atoms with Gasteiger partial charge in [-0.1, -0.05) is 120 Å². The summed E-state index contributed by atoms with van der Waals surface area (Å²) in [7, 11) is 0. The van der Waals surface area contributed by atoms with E-state index in [0.717, 1.165) is 12.1 Å². The van der Waals surface area contributed by atoms with E-state index in [9.17, 15) is 0 Å². The van der Waals surface area contributed by atoms with Gasteiger partial charge in [-0.25, -0.2) is 0 Å². The maximum Gasteiger partial charge on any atom is 0.0508 e. The van der Waals surface area contributed by atoms with Gasteiger partial charge in [0.1, 0.15) is 0 Å². The summed E-state index contributed by atoms with van der Waals surface area (Å²) >= 11 is 12.0. The van der Waals surface area contributed by atoms with Crippen LogP contribution in [0.3, 0.4) is 0 Å². The van der Waals surface area contributed by atoms with E-state index in [1.54, 1.807) is 6.07 Å². The van der Waals surface area contributed by atoms with Crippen LogP contribution in [0.25, 0.3) is 0 Å². The number of unbranched alkanes of at least 4 members (excludes halogenated alkanes) is 13. The van der Waals surface area contributed by atoms with Crippen molar-refractivity contribution in [2.75, 3.05) is 6.54 Å². The van der Waals surface area contributed by atoms with E-state index in [1.165, 1.54) is 89.9 Å². The summed E-state index contributed by atoms with van der Waals surface area (Å²) in [6.07, 6.45) is 21.3. The molecule has 0 saturated heterocycles. The van der Waals surface area contributed by atoms with Gasteiger partial charge in [0.15, 0.2) is 0 Å². The second-order valence-electron chi connectivity index (χ2n) is 7.30. The molecule has 1 aromatic carbocycles. The molecule has 148 valence electrons. The van der Waals surface area contributed by atoms with Gasteiger partial charge in [0, 0.05) is 23.3 Å². The molecule has 0 aliphatic rings. The summed E-state index contributed by atoms with van der Waals surface area (Å²) in [4.78, 5) is 4.47. The van der Waals surface area contributed by atoms with Gasteiger partial charge in [0.05, 0.1) is 5.02 Å². The van der Waals surface area contributed by atoms with Crippen molar-refractivity contribution in [1.82, 2.24) is 0 Å². The van der Waals surface area contributed by atoms with E-state index in [2.05, 4.69) is 11.9 Å². The molecule has 0 N–H and O–H groups in total. The Hall–Kier alpha value is -0.530. The highest BCUT2D eigenvalue weighted by Gasteiger charge is 1.98. The van der Waals surface area contributed by atoms with Gasteiger partial charge in [-0.05, 0) is 18.6 Å². The molecule has 0 spiro atoms. The Kier molecular flexibility index (Phi) is 15.0. The molecule has 0 aromatic heterocycles. The Balaban J connectivity index is 1.85. The fraction of sp³-hybridized carbons (Fsp3) is 0.696. The first-order valence-corrected chi connectivity index (χ1v) is 11.4. The smallest absolute Gasteiger partial charge is 0.0508 e. The first kappa shape index (κ1) is 23.5. The van der Waals surface area contributed by atoms with Crippen molar-refractivity contribution >= 4 is 29.4 Å². The maximum atomic E-state index is 6.12. The molecule has 0 amide bonds. The lowest BCUT2D eigenvalue weighted by Gasteiger charge is -2.03. The van der Waals surface area contributed by atoms with Crippen molar-refractivity contribution in [2.45, 2.75) is 96.8 Å². The van der Waals surface area contributed by atoms with E-state index in [1.807, 2.05) is 18.3 Å². The third-order valence-corrected chi connectivity index (χ3v) is 5.40. The zero-order valence-corrected chi connectivity index (χ0v) is 18.1. The molecule has 1 rings (SSSR count). The lowest BCUT2D eigenvalue weighted by molar-refractivity contribution is 0.536. The average Bonchev–Trinajstić information content (AvgIpc) is 2.63. The monoisotopic (exact) mass is 397 g/mol. The predicted octanol–water partition coefficient (Wildman–Crippen LogP) is 8.89. The minimum Gasteiger partial charge on any atom is -0.293 e. The second kappa shape index (κ2) is 16.6. The van der Waals surface area contributed by atoms with Crippen molar-refractivity contribution in [3.8, 4) is 0 Å². The summed E-state index contributed by atoms with van der Waals surface area (Å²) in [5.41, 5.74) is 0.946. The minimum absolute atomic E-state index is 0.666. The molecule has 1 aromatic rings. The van der Waals surface area contributed by atoms with Crippen LogP contribution in [0.2, 0.25) is 10.0 Å². The molecule has 0 aliphatic carbocycles. The molecule has 0 aliphatic heterocycles. The summed E-state index contributed by atoms with van der Waals surface area (Å²) in [6.45, 7) is 3.17. The summed E-state index contributed by atoms with van der Waals surface area (Å²) in [6, 6.07) is 5.53. The van der Waals surface area contributed by atoms with Crippen LogP contribution in [0.15, 0.2) is 23.2 Å². The Morgan fingerprint density at radius 1 is 0.731 bits per heavy atom. The number of halogens is 2. The van der Waals surface area contributed by atoms with E-state index in [4.69, 9.17) is 23.2 Å². The second-order valence-corrected chi connectivity index (χ2v) is 8.14. The van der Waals surface area contributed by atoms with Crippen molar-refractivity contribution in [3.63, 3.8) is 0 Å². The predicted molar refractivity (Wildman–Crippen MR) is 119 cm³/mol. The normalized spacial score (nSPS) is 11.5. The third kappa shape index (κ3) is 12.8. The van der Waals surface area contributed by atoms with Crippen LogP contribution < -0.4 is 0 Å². The van der Waals surface area contributed by atoms with Gasteiger partial charge in [0.2, 0.25) is 0 Å². The lowest BCUT2D eigenvalue weighted by Crippen LogP contribution is -1.87. The highest BCUT2D eigenvalue weighted by Crippen LogP contribution is 2.19. The molecule has 0 saturated carbocycles. The molecule has 26 heavy (non-hydrogen) atoms. The van der Waals surface area contributed by atoms with Gasteiger partial charge < -0.3 is 0 Å². The largest absolute Gasteiger partial charge is 0.293 e. The molecule has 0 atom stereocenters. The molecule has 0 radical (unpaired) electrons. The van der Waals surface area contributed by atoms with E-state index < -0.39 is 0 Å². The standard InChI is InChI=1S/C23H37Cl2N/c1-2-3-4-5-6-7-8-9-10-11-12-13-14-15-18-26-20-21-16-17-22(24)19-23(21)25/h16-17,19-20H,2-15,18H2,1H3. The van der Waals surface area contributed by atoms with Crippen LogP contribution in [0, 0.1) is 0 Å². The molecule has 0 fully saturated rings. The Morgan fingerprint density at radius 2 is 1.23 bits per heavy atom. The fourth-order valence-corrected chi connectivity index (χ4v) is 3.62. The Labute approximate surface area is 171 Å². The van der Waals surface area contributed by atoms with Crippen molar-refractivity contribution in [1.29, 1.82) is 0 Å². The number of nitrogens with zero attached hydrogens (tertiary/aromatic N) is 1. The van der Waals surface area contributed by atoms with Crippen LogP contribution in [-0.4, -0.2) is 12.8 Å². The van der Waals surface area contributed by atoms with Gasteiger partial charge in [-0.2, -0.15) is 0 Å². The lowest BCUT2D eigenvalue weighted by atomic mass is 10.0. The summed E-state index contributed by atoms with van der Waals surface area (Å²) in [5, 5.41) is 1.33. The third-order valence-electron chi connectivity index (χ3n) is 4.83. The van der Waals surface area contributed by atoms with Crippen molar-refractivity contribution < 1.29 is 0 Å². The zero-order chi connectivity index (χ0) is 18.9. The van der Waals surface area contributed by atoms with Gasteiger partial charge in [-0.3, -0.25) is 4.99 Å². The number of aliphatic imine (C=N–C) groups is 1. The topological polar surface area (TPSA) is 12.4 Å². The highest BCUT2D eigenvalue weighted by atomic mass is 35.5. The van der Waals surface area contributed by atoms with Gasteiger partial charge in [0.25, 0.3) is 0 Å². The van der Waals surface area contributed by atoms with E-state index in [-0.39, 0.29) is 0 Å². The Morgan fingerprint density at radius 3 is 1.73 bits per heavy atom. The Bertz CT molecular complexity index is 485. The fourth-order valence-electron chi connectivity index (χ4n) is 3.17.